The molecule has 0 spiro atoms. The quantitative estimate of drug-likeness (QED) is 0.535. The summed E-state index contributed by atoms with van der Waals surface area (Å²) < 4.78 is 31.7. The zero-order valence-corrected chi connectivity index (χ0v) is 16.3. The van der Waals surface area contributed by atoms with E-state index in [2.05, 4.69) is 6.07 Å². The molecule has 0 aliphatic heterocycles. The van der Waals surface area contributed by atoms with Gasteiger partial charge >= 0.3 is 5.97 Å². The van der Waals surface area contributed by atoms with E-state index in [-0.39, 0.29) is 29.2 Å². The van der Waals surface area contributed by atoms with E-state index < -0.39 is 17.6 Å². The van der Waals surface area contributed by atoms with Gasteiger partial charge in [-0.1, -0.05) is 24.3 Å². The predicted octanol–water partition coefficient (Wildman–Crippen LogP) is 4.14. The minimum absolute atomic E-state index is 0.0270. The number of benzene rings is 2. The maximum atomic E-state index is 13.6. The number of carbonyl (C=O) groups excluding carboxylic acids is 2. The van der Waals surface area contributed by atoms with E-state index in [0.29, 0.717) is 0 Å². The molecule has 0 aromatic heterocycles. The zero-order chi connectivity index (χ0) is 20.1. The van der Waals surface area contributed by atoms with Gasteiger partial charge in [0, 0.05) is 11.9 Å². The van der Waals surface area contributed by atoms with Crippen LogP contribution in [-0.4, -0.2) is 36.2 Å². The standard InChI is InChI=1S/C21H21F2NO3S/c1-24(18-8-4-6-14-5-2-3-7-16(14)18)20(25)12-27-21(26)13-28-19-11-15(22)9-10-17(19)23/h2-3,5,7,9-11,18H,4,6,8,12-13H2,1H3/t18-/m0/s1. The van der Waals surface area contributed by atoms with Gasteiger partial charge in [0.05, 0.1) is 11.8 Å². The number of hydrogen-bond acceptors (Lipinski definition) is 4. The van der Waals surface area contributed by atoms with Crippen molar-refractivity contribution in [1.29, 1.82) is 0 Å². The van der Waals surface area contributed by atoms with Crippen LogP contribution in [0.25, 0.3) is 0 Å². The molecule has 2 aromatic carbocycles. The first-order valence-electron chi connectivity index (χ1n) is 9.02. The number of halogens is 2. The molecule has 1 atom stereocenters. The number of carbonyl (C=O) groups is 2. The SMILES string of the molecule is CN(C(=O)COC(=O)CSc1cc(F)ccc1F)[C@H]1CCCc2ccccc21. The highest BCUT2D eigenvalue weighted by atomic mass is 32.2. The van der Waals surface area contributed by atoms with Gasteiger partial charge in [-0.05, 0) is 48.6 Å². The Bertz CT molecular complexity index is 874. The van der Waals surface area contributed by atoms with Gasteiger partial charge in [0.25, 0.3) is 5.91 Å². The average Bonchev–Trinajstić information content (AvgIpc) is 2.71. The third kappa shape index (κ3) is 4.90. The third-order valence-electron chi connectivity index (χ3n) is 4.79. The second-order valence-electron chi connectivity index (χ2n) is 6.64. The molecule has 0 bridgehead atoms. The molecule has 0 fully saturated rings. The number of nitrogens with zero attached hydrogens (tertiary/aromatic N) is 1. The molecule has 0 unspecified atom stereocenters. The summed E-state index contributed by atoms with van der Waals surface area (Å²) in [6.07, 6.45) is 2.86. The van der Waals surface area contributed by atoms with Crippen molar-refractivity contribution in [1.82, 2.24) is 4.90 Å². The molecule has 3 rings (SSSR count). The fourth-order valence-electron chi connectivity index (χ4n) is 3.31. The summed E-state index contributed by atoms with van der Waals surface area (Å²) in [6.45, 7) is -0.375. The Balaban J connectivity index is 1.51. The lowest BCUT2D eigenvalue weighted by Gasteiger charge is -2.33. The summed E-state index contributed by atoms with van der Waals surface area (Å²) in [7, 11) is 1.71. The van der Waals surface area contributed by atoms with Crippen LogP contribution in [0.4, 0.5) is 8.78 Å². The maximum absolute atomic E-state index is 13.6. The smallest absolute Gasteiger partial charge is 0.316 e. The summed E-state index contributed by atoms with van der Waals surface area (Å²) in [5, 5.41) is 0. The third-order valence-corrected chi connectivity index (χ3v) is 5.80. The fourth-order valence-corrected chi connectivity index (χ4v) is 4.07. The van der Waals surface area contributed by atoms with Crippen LogP contribution in [0.3, 0.4) is 0 Å². The monoisotopic (exact) mass is 405 g/mol. The summed E-state index contributed by atoms with van der Waals surface area (Å²) in [5.41, 5.74) is 2.37. The van der Waals surface area contributed by atoms with E-state index in [1.807, 2.05) is 18.2 Å². The van der Waals surface area contributed by atoms with E-state index in [1.54, 1.807) is 11.9 Å². The molecule has 148 valence electrons. The summed E-state index contributed by atoms with van der Waals surface area (Å²) in [6, 6.07) is 11.0. The number of ether oxygens (including phenoxy) is 1. The van der Waals surface area contributed by atoms with Gasteiger partial charge in [-0.2, -0.15) is 0 Å². The molecule has 2 aromatic rings. The lowest BCUT2D eigenvalue weighted by Crippen LogP contribution is -2.36. The van der Waals surface area contributed by atoms with Crippen LogP contribution < -0.4 is 0 Å². The second kappa shape index (κ2) is 9.19. The van der Waals surface area contributed by atoms with Crippen LogP contribution in [0.15, 0.2) is 47.4 Å². The van der Waals surface area contributed by atoms with Crippen molar-refractivity contribution in [3.63, 3.8) is 0 Å². The van der Waals surface area contributed by atoms with Crippen LogP contribution in [0.5, 0.6) is 0 Å². The molecular weight excluding hydrogens is 384 g/mol. The number of esters is 1. The normalized spacial score (nSPS) is 15.6. The van der Waals surface area contributed by atoms with E-state index in [1.165, 1.54) is 5.56 Å². The molecule has 0 saturated carbocycles. The Kier molecular flexibility index (Phi) is 6.67. The molecule has 0 radical (unpaired) electrons. The van der Waals surface area contributed by atoms with E-state index >= 15 is 0 Å². The van der Waals surface area contributed by atoms with Gasteiger partial charge in [0.15, 0.2) is 6.61 Å². The van der Waals surface area contributed by atoms with Crippen LogP contribution in [0.1, 0.15) is 30.0 Å². The molecule has 1 aliphatic rings. The molecule has 1 aliphatic carbocycles. The first kappa shape index (κ1) is 20.3. The second-order valence-corrected chi connectivity index (χ2v) is 7.65. The van der Waals surface area contributed by atoms with Gasteiger partial charge in [0.1, 0.15) is 11.6 Å². The summed E-state index contributed by atoms with van der Waals surface area (Å²) in [5.74, 6) is -2.34. The van der Waals surface area contributed by atoms with Gasteiger partial charge in [-0.3, -0.25) is 9.59 Å². The van der Waals surface area contributed by atoms with Gasteiger partial charge in [-0.25, -0.2) is 8.78 Å². The lowest BCUT2D eigenvalue weighted by molar-refractivity contribution is -0.150. The average molecular weight is 405 g/mol. The van der Waals surface area contributed by atoms with E-state index in [0.717, 1.165) is 54.8 Å². The Morgan fingerprint density at radius 2 is 2.00 bits per heavy atom. The van der Waals surface area contributed by atoms with Crippen molar-refractivity contribution in [2.45, 2.75) is 30.2 Å². The highest BCUT2D eigenvalue weighted by Crippen LogP contribution is 2.33. The van der Waals surface area contributed by atoms with E-state index in [9.17, 15) is 18.4 Å². The Hall–Kier alpha value is -2.41. The number of hydrogen-bond donors (Lipinski definition) is 0. The first-order chi connectivity index (χ1) is 13.5. The molecule has 1 amide bonds. The Labute approximate surface area is 166 Å². The topological polar surface area (TPSA) is 46.6 Å². The van der Waals surface area contributed by atoms with Crippen molar-refractivity contribution in [3.05, 3.63) is 65.2 Å². The van der Waals surface area contributed by atoms with E-state index in [4.69, 9.17) is 4.74 Å². The minimum Gasteiger partial charge on any atom is -0.455 e. The molecule has 0 saturated heterocycles. The van der Waals surface area contributed by atoms with Crippen molar-refractivity contribution >= 4 is 23.6 Å². The van der Waals surface area contributed by atoms with Crippen LogP contribution >= 0.6 is 11.8 Å². The van der Waals surface area contributed by atoms with Crippen molar-refractivity contribution < 1.29 is 23.1 Å². The first-order valence-corrected chi connectivity index (χ1v) is 10.0. The largest absolute Gasteiger partial charge is 0.455 e. The number of rotatable bonds is 6. The number of likely N-dealkylation sites (N-methyl/N-ethyl adjacent to an activating group) is 1. The Morgan fingerprint density at radius 1 is 1.21 bits per heavy atom. The number of fused-ring (bicyclic) bond motifs is 1. The Morgan fingerprint density at radius 3 is 2.82 bits per heavy atom. The maximum Gasteiger partial charge on any atom is 0.316 e. The molecular formula is C21H21F2NO3S. The summed E-state index contributed by atoms with van der Waals surface area (Å²) in [4.78, 5) is 26.0. The van der Waals surface area contributed by atoms with Gasteiger partial charge in [0.2, 0.25) is 0 Å². The molecule has 28 heavy (non-hydrogen) atoms. The fraction of sp³-hybridized carbons (Fsp3) is 0.333. The van der Waals surface area contributed by atoms with Crippen molar-refractivity contribution in [2.24, 2.45) is 0 Å². The van der Waals surface area contributed by atoms with Gasteiger partial charge < -0.3 is 9.64 Å². The predicted molar refractivity (Wildman–Crippen MR) is 103 cm³/mol. The zero-order valence-electron chi connectivity index (χ0n) is 15.5. The number of amides is 1. The molecule has 0 N–H and O–H groups in total. The highest BCUT2D eigenvalue weighted by molar-refractivity contribution is 8.00. The number of aryl methyl sites for hydroxylation is 1. The number of thioether (sulfide) groups is 1. The molecule has 0 heterocycles. The molecule has 4 nitrogen and oxygen atoms in total. The summed E-state index contributed by atoms with van der Waals surface area (Å²) >= 11 is 0.834. The van der Waals surface area contributed by atoms with Gasteiger partial charge in [-0.15, -0.1) is 11.8 Å². The van der Waals surface area contributed by atoms with Crippen LogP contribution in [0.2, 0.25) is 0 Å². The minimum atomic E-state index is -0.653. The van der Waals surface area contributed by atoms with Crippen LogP contribution in [0, 0.1) is 11.6 Å². The molecule has 7 heteroatoms. The lowest BCUT2D eigenvalue weighted by atomic mass is 9.87. The van der Waals surface area contributed by atoms with Crippen molar-refractivity contribution in [3.8, 4) is 0 Å². The highest BCUT2D eigenvalue weighted by Gasteiger charge is 2.27. The van der Waals surface area contributed by atoms with Crippen LogP contribution in [-0.2, 0) is 20.7 Å². The van der Waals surface area contributed by atoms with Crippen molar-refractivity contribution in [2.75, 3.05) is 19.4 Å².